The molecule has 4 aliphatic rings. The summed E-state index contributed by atoms with van der Waals surface area (Å²) >= 11 is 0. The summed E-state index contributed by atoms with van der Waals surface area (Å²) in [5, 5.41) is 0. The minimum Gasteiger partial charge on any atom is -0.496 e. The number of allylic oxidation sites excluding steroid dienone is 1. The predicted molar refractivity (Wildman–Crippen MR) is 122 cm³/mol. The van der Waals surface area contributed by atoms with Crippen molar-refractivity contribution in [2.75, 3.05) is 50.8 Å². The number of fused-ring (bicyclic) bond motifs is 3. The van der Waals surface area contributed by atoms with Gasteiger partial charge in [0.05, 0.1) is 12.3 Å². The maximum absolute atomic E-state index is 13.4. The van der Waals surface area contributed by atoms with E-state index in [1.165, 1.54) is 6.07 Å². The van der Waals surface area contributed by atoms with Crippen molar-refractivity contribution in [3.63, 3.8) is 0 Å². The van der Waals surface area contributed by atoms with E-state index in [4.69, 9.17) is 4.74 Å². The van der Waals surface area contributed by atoms with E-state index in [0.29, 0.717) is 43.1 Å². The lowest BCUT2D eigenvalue weighted by molar-refractivity contribution is -0.141. The Morgan fingerprint density at radius 2 is 1.88 bits per heavy atom. The Labute approximate surface area is 194 Å². The van der Waals surface area contributed by atoms with Crippen LogP contribution < -0.4 is 4.90 Å². The molecule has 3 fully saturated rings. The highest BCUT2D eigenvalue weighted by Crippen LogP contribution is 2.46. The average Bonchev–Trinajstić information content (AvgIpc) is 3.32. The van der Waals surface area contributed by atoms with Crippen LogP contribution in [-0.2, 0) is 10.9 Å². The quantitative estimate of drug-likeness (QED) is 0.635. The monoisotopic (exact) mass is 464 g/mol. The van der Waals surface area contributed by atoms with Crippen LogP contribution in [0.25, 0.3) is 0 Å². The van der Waals surface area contributed by atoms with E-state index in [-0.39, 0.29) is 5.54 Å². The van der Waals surface area contributed by atoms with Crippen molar-refractivity contribution in [3.05, 3.63) is 35.3 Å². The van der Waals surface area contributed by atoms with E-state index >= 15 is 0 Å². The Morgan fingerprint density at radius 3 is 2.52 bits per heavy atom. The van der Waals surface area contributed by atoms with Crippen molar-refractivity contribution >= 4 is 5.82 Å². The Morgan fingerprint density at radius 1 is 1.15 bits per heavy atom. The molecule has 0 N–H and O–H groups in total. The molecule has 3 atom stereocenters. The van der Waals surface area contributed by atoms with Crippen LogP contribution >= 0.6 is 0 Å². The molecule has 1 aromatic heterocycles. The fourth-order valence-corrected chi connectivity index (χ4v) is 6.51. The van der Waals surface area contributed by atoms with Crippen LogP contribution in [0.5, 0.6) is 0 Å². The number of hydrogen-bond donors (Lipinski definition) is 0. The lowest BCUT2D eigenvalue weighted by atomic mass is 9.82. The van der Waals surface area contributed by atoms with Crippen LogP contribution in [0.15, 0.2) is 29.7 Å². The van der Waals surface area contributed by atoms with Gasteiger partial charge < -0.3 is 14.5 Å². The van der Waals surface area contributed by atoms with Crippen molar-refractivity contribution in [1.82, 2.24) is 14.8 Å². The van der Waals surface area contributed by atoms with Crippen LogP contribution in [0.1, 0.15) is 45.7 Å². The van der Waals surface area contributed by atoms with Crippen LogP contribution in [-0.4, -0.2) is 66.2 Å². The third-order valence-electron chi connectivity index (χ3n) is 7.93. The number of ether oxygens (including phenoxy) is 1. The van der Waals surface area contributed by atoms with Crippen LogP contribution in [0.2, 0.25) is 0 Å². The minimum atomic E-state index is -4.45. The fraction of sp³-hybridized carbons (Fsp3) is 0.720. The van der Waals surface area contributed by atoms with Gasteiger partial charge in [-0.25, -0.2) is 4.98 Å². The molecule has 8 heteroatoms. The van der Waals surface area contributed by atoms with E-state index in [0.717, 1.165) is 63.1 Å². The summed E-state index contributed by atoms with van der Waals surface area (Å²) in [5.41, 5.74) is 0.0295. The largest absolute Gasteiger partial charge is 0.496 e. The summed E-state index contributed by atoms with van der Waals surface area (Å²) in [6, 6.07) is 4.21. The van der Waals surface area contributed by atoms with Gasteiger partial charge in [-0.1, -0.05) is 26.8 Å². The van der Waals surface area contributed by atoms with E-state index in [1.54, 1.807) is 6.07 Å². The zero-order valence-corrected chi connectivity index (χ0v) is 19.9. The smallest absolute Gasteiger partial charge is 0.433 e. The second-order valence-electron chi connectivity index (χ2n) is 10.7. The van der Waals surface area contributed by atoms with E-state index in [1.807, 2.05) is 11.8 Å². The van der Waals surface area contributed by atoms with Crippen molar-refractivity contribution < 1.29 is 17.9 Å². The van der Waals surface area contributed by atoms with Gasteiger partial charge in [-0.3, -0.25) is 4.90 Å². The maximum atomic E-state index is 13.4. The first-order valence-electron chi connectivity index (χ1n) is 12.3. The first-order valence-corrected chi connectivity index (χ1v) is 12.3. The maximum Gasteiger partial charge on any atom is 0.433 e. The summed E-state index contributed by atoms with van der Waals surface area (Å²) in [4.78, 5) is 11.3. The van der Waals surface area contributed by atoms with Gasteiger partial charge in [0.25, 0.3) is 0 Å². The SMILES string of the molecule is CCC1=C2CC(N3CC4CN(CC(C)C)CC4C3)(CCO2)CN1c1cccc(C(F)(F)F)n1. The molecule has 2 bridgehead atoms. The molecule has 0 radical (unpaired) electrons. The number of aromatic nitrogens is 1. The molecule has 4 aliphatic heterocycles. The highest BCUT2D eigenvalue weighted by molar-refractivity contribution is 5.51. The summed E-state index contributed by atoms with van der Waals surface area (Å²) in [5.74, 6) is 3.35. The predicted octanol–water partition coefficient (Wildman–Crippen LogP) is 4.61. The zero-order chi connectivity index (χ0) is 23.4. The lowest BCUT2D eigenvalue weighted by Gasteiger charge is -2.52. The second kappa shape index (κ2) is 8.45. The molecule has 0 aliphatic carbocycles. The summed E-state index contributed by atoms with van der Waals surface area (Å²) in [7, 11) is 0. The van der Waals surface area contributed by atoms with E-state index < -0.39 is 11.9 Å². The number of anilines is 1. The molecule has 5 rings (SSSR count). The summed E-state index contributed by atoms with van der Waals surface area (Å²) < 4.78 is 46.2. The molecule has 5 nitrogen and oxygen atoms in total. The van der Waals surface area contributed by atoms with Gasteiger partial charge in [-0.2, -0.15) is 13.2 Å². The molecular formula is C25H35F3N4O. The topological polar surface area (TPSA) is 31.8 Å². The van der Waals surface area contributed by atoms with Crippen LogP contribution in [0.3, 0.4) is 0 Å². The summed E-state index contributed by atoms with van der Waals surface area (Å²) in [6.45, 7) is 13.6. The average molecular weight is 465 g/mol. The molecular weight excluding hydrogens is 429 g/mol. The number of halogens is 3. The van der Waals surface area contributed by atoms with Gasteiger partial charge in [-0.05, 0) is 36.3 Å². The van der Waals surface area contributed by atoms with Gasteiger partial charge in [0.1, 0.15) is 17.3 Å². The van der Waals surface area contributed by atoms with Gasteiger partial charge in [-0.15, -0.1) is 0 Å². The van der Waals surface area contributed by atoms with Gasteiger partial charge in [0.2, 0.25) is 0 Å². The highest BCUT2D eigenvalue weighted by atomic mass is 19.4. The molecule has 0 saturated carbocycles. The Balaban J connectivity index is 1.41. The molecule has 5 heterocycles. The standard InChI is InChI=1S/C25H35F3N4O/c1-4-20-21-10-24(8-9-33-21,16-32(20)23-7-5-6-22(29-23)25(26,27)28)31-14-18-12-30(11-17(2)3)13-19(18)15-31/h5-7,17-19H,4,8-16H2,1-3H3. The molecule has 1 aromatic rings. The fourth-order valence-electron chi connectivity index (χ4n) is 6.51. The second-order valence-corrected chi connectivity index (χ2v) is 10.7. The van der Waals surface area contributed by atoms with Crippen LogP contribution in [0, 0.1) is 17.8 Å². The van der Waals surface area contributed by atoms with Gasteiger partial charge in [0, 0.05) is 57.6 Å². The Bertz CT molecular complexity index is 903. The molecule has 182 valence electrons. The van der Waals surface area contributed by atoms with Crippen molar-refractivity contribution in [3.8, 4) is 0 Å². The van der Waals surface area contributed by atoms with Crippen molar-refractivity contribution in [2.24, 2.45) is 17.8 Å². The van der Waals surface area contributed by atoms with Crippen LogP contribution in [0.4, 0.5) is 19.0 Å². The Hall–Kier alpha value is -1.80. The Kier molecular flexibility index (Phi) is 5.88. The molecule has 0 aromatic carbocycles. The van der Waals surface area contributed by atoms with Gasteiger partial charge in [0.15, 0.2) is 0 Å². The molecule has 3 saturated heterocycles. The number of pyridine rings is 1. The normalized spacial score (nSPS) is 30.8. The van der Waals surface area contributed by atoms with Gasteiger partial charge >= 0.3 is 6.18 Å². The number of alkyl halides is 3. The number of likely N-dealkylation sites (tertiary alicyclic amines) is 2. The van der Waals surface area contributed by atoms with Crippen molar-refractivity contribution in [1.29, 1.82) is 0 Å². The van der Waals surface area contributed by atoms with E-state index in [2.05, 4.69) is 28.6 Å². The molecule has 3 unspecified atom stereocenters. The number of rotatable bonds is 5. The zero-order valence-electron chi connectivity index (χ0n) is 19.9. The third kappa shape index (κ3) is 4.25. The van der Waals surface area contributed by atoms with Crippen molar-refractivity contribution in [2.45, 2.75) is 51.7 Å². The molecule has 0 spiro atoms. The molecule has 33 heavy (non-hydrogen) atoms. The van der Waals surface area contributed by atoms with E-state index in [9.17, 15) is 13.2 Å². The molecule has 0 amide bonds. The number of hydrogen-bond acceptors (Lipinski definition) is 5. The lowest BCUT2D eigenvalue weighted by Crippen LogP contribution is -2.60. The number of nitrogens with zero attached hydrogens (tertiary/aromatic N) is 4. The first-order chi connectivity index (χ1) is 15.7. The third-order valence-corrected chi connectivity index (χ3v) is 7.93. The first kappa shape index (κ1) is 23.0. The highest BCUT2D eigenvalue weighted by Gasteiger charge is 2.52. The minimum absolute atomic E-state index is 0.102. The summed E-state index contributed by atoms with van der Waals surface area (Å²) in [6.07, 6.45) is -2.00.